The lowest BCUT2D eigenvalue weighted by Crippen LogP contribution is -1.94. The van der Waals surface area contributed by atoms with Crippen LogP contribution in [0.3, 0.4) is 0 Å². The van der Waals surface area contributed by atoms with Crippen LogP contribution < -0.4 is 0 Å². The zero-order valence-electron chi connectivity index (χ0n) is 7.74. The van der Waals surface area contributed by atoms with Crippen LogP contribution in [-0.4, -0.2) is 21.0 Å². The molecule has 0 amide bonds. The highest BCUT2D eigenvalue weighted by Crippen LogP contribution is 2.14. The third kappa shape index (κ3) is 1.35. The molecule has 0 saturated carbocycles. The third-order valence-corrected chi connectivity index (χ3v) is 2.16. The van der Waals surface area contributed by atoms with Gasteiger partial charge in [0.25, 0.3) is 0 Å². The molecule has 0 bridgehead atoms. The second-order valence-electron chi connectivity index (χ2n) is 3.12. The highest BCUT2D eigenvalue weighted by atomic mass is 16.4. The number of rotatable bonds is 2. The van der Waals surface area contributed by atoms with Crippen molar-refractivity contribution >= 4 is 17.0 Å². The molecule has 2 N–H and O–H groups in total. The van der Waals surface area contributed by atoms with Gasteiger partial charge in [-0.25, -0.2) is 4.79 Å². The number of aromatic carboxylic acids is 1. The van der Waals surface area contributed by atoms with Crippen LogP contribution in [0.1, 0.15) is 23.0 Å². The minimum Gasteiger partial charge on any atom is -0.477 e. The summed E-state index contributed by atoms with van der Waals surface area (Å²) in [5.41, 5.74) is 2.75. The summed E-state index contributed by atoms with van der Waals surface area (Å²) < 4.78 is 0. The topological polar surface area (TPSA) is 66.0 Å². The maximum Gasteiger partial charge on any atom is 0.352 e. The molecule has 0 spiro atoms. The molecule has 0 aliphatic rings. The molecule has 0 radical (unpaired) electrons. The first-order valence-corrected chi connectivity index (χ1v) is 4.41. The number of fused-ring (bicyclic) bond motifs is 1. The largest absolute Gasteiger partial charge is 0.477 e. The molecule has 0 aromatic carbocycles. The number of nitrogens with one attached hydrogen (secondary N) is 1. The number of aromatic amines is 1. The highest BCUT2D eigenvalue weighted by Gasteiger charge is 2.07. The SMILES string of the molecule is CCc1cnc2cc(C(=O)O)[nH]c2c1. The van der Waals surface area contributed by atoms with Gasteiger partial charge in [0.05, 0.1) is 11.0 Å². The van der Waals surface area contributed by atoms with E-state index in [1.165, 1.54) is 6.07 Å². The van der Waals surface area contributed by atoms with E-state index >= 15 is 0 Å². The average Bonchev–Trinajstić information content (AvgIpc) is 2.59. The van der Waals surface area contributed by atoms with Crippen molar-refractivity contribution in [1.82, 2.24) is 9.97 Å². The van der Waals surface area contributed by atoms with E-state index in [-0.39, 0.29) is 5.69 Å². The van der Waals surface area contributed by atoms with Gasteiger partial charge in [-0.2, -0.15) is 0 Å². The summed E-state index contributed by atoms with van der Waals surface area (Å²) in [4.78, 5) is 17.6. The Morgan fingerprint density at radius 3 is 3.00 bits per heavy atom. The van der Waals surface area contributed by atoms with Gasteiger partial charge in [-0.1, -0.05) is 6.92 Å². The molecule has 2 heterocycles. The van der Waals surface area contributed by atoms with Crippen molar-refractivity contribution in [3.05, 3.63) is 29.6 Å². The molecule has 0 saturated heterocycles. The molecule has 0 aliphatic heterocycles. The van der Waals surface area contributed by atoms with E-state index in [0.29, 0.717) is 5.52 Å². The molecule has 4 heteroatoms. The van der Waals surface area contributed by atoms with Crippen LogP contribution in [-0.2, 0) is 6.42 Å². The first-order chi connectivity index (χ1) is 6.70. The van der Waals surface area contributed by atoms with Crippen LogP contribution in [0.25, 0.3) is 11.0 Å². The summed E-state index contributed by atoms with van der Waals surface area (Å²) in [6.07, 6.45) is 2.66. The molecule has 72 valence electrons. The van der Waals surface area contributed by atoms with E-state index in [9.17, 15) is 4.79 Å². The fourth-order valence-electron chi connectivity index (χ4n) is 1.36. The van der Waals surface area contributed by atoms with E-state index in [2.05, 4.69) is 9.97 Å². The molecule has 2 rings (SSSR count). The van der Waals surface area contributed by atoms with Gasteiger partial charge in [0, 0.05) is 6.20 Å². The lowest BCUT2D eigenvalue weighted by Gasteiger charge is -1.94. The zero-order chi connectivity index (χ0) is 10.1. The Labute approximate surface area is 80.6 Å². The molecule has 0 aliphatic carbocycles. The summed E-state index contributed by atoms with van der Waals surface area (Å²) >= 11 is 0. The Balaban J connectivity index is 2.60. The molecule has 4 nitrogen and oxygen atoms in total. The van der Waals surface area contributed by atoms with Crippen LogP contribution >= 0.6 is 0 Å². The van der Waals surface area contributed by atoms with Crippen molar-refractivity contribution in [1.29, 1.82) is 0 Å². The third-order valence-electron chi connectivity index (χ3n) is 2.16. The smallest absolute Gasteiger partial charge is 0.352 e. The first-order valence-electron chi connectivity index (χ1n) is 4.41. The van der Waals surface area contributed by atoms with Gasteiger partial charge in [0.1, 0.15) is 5.69 Å². The van der Waals surface area contributed by atoms with Crippen LogP contribution in [0.5, 0.6) is 0 Å². The minimum atomic E-state index is -0.957. The standard InChI is InChI=1S/C10H10N2O2/c1-2-6-3-8-7(11-5-6)4-9(12-8)10(13)14/h3-5,12H,2H2,1H3,(H,13,14). The Kier molecular flexibility index (Phi) is 1.96. The van der Waals surface area contributed by atoms with Crippen molar-refractivity contribution in [2.75, 3.05) is 0 Å². The predicted octanol–water partition coefficient (Wildman–Crippen LogP) is 1.82. The molecule has 0 atom stereocenters. The van der Waals surface area contributed by atoms with Crippen molar-refractivity contribution in [3.8, 4) is 0 Å². The van der Waals surface area contributed by atoms with E-state index in [1.54, 1.807) is 6.20 Å². The number of pyridine rings is 1. The Hall–Kier alpha value is -1.84. The van der Waals surface area contributed by atoms with Crippen molar-refractivity contribution < 1.29 is 9.90 Å². The van der Waals surface area contributed by atoms with E-state index in [0.717, 1.165) is 17.5 Å². The number of hydrogen-bond donors (Lipinski definition) is 2. The average molecular weight is 190 g/mol. The Morgan fingerprint density at radius 1 is 1.57 bits per heavy atom. The molecule has 2 aromatic heterocycles. The van der Waals surface area contributed by atoms with Crippen LogP contribution in [0.15, 0.2) is 18.3 Å². The molecule has 14 heavy (non-hydrogen) atoms. The molecule has 0 unspecified atom stereocenters. The number of aromatic nitrogens is 2. The molecule has 0 fully saturated rings. The van der Waals surface area contributed by atoms with Gasteiger partial charge in [-0.05, 0) is 24.1 Å². The van der Waals surface area contributed by atoms with E-state index in [4.69, 9.17) is 5.11 Å². The van der Waals surface area contributed by atoms with Crippen LogP contribution in [0, 0.1) is 0 Å². The van der Waals surface area contributed by atoms with Gasteiger partial charge in [-0.3, -0.25) is 4.98 Å². The number of carboxylic acid groups (broad SMARTS) is 1. The van der Waals surface area contributed by atoms with Gasteiger partial charge in [0.2, 0.25) is 0 Å². The highest BCUT2D eigenvalue weighted by molar-refractivity contribution is 5.92. The van der Waals surface area contributed by atoms with Gasteiger partial charge < -0.3 is 10.1 Å². The maximum absolute atomic E-state index is 10.7. The van der Waals surface area contributed by atoms with Crippen LogP contribution in [0.4, 0.5) is 0 Å². The number of H-pyrrole nitrogens is 1. The lowest BCUT2D eigenvalue weighted by atomic mass is 10.2. The zero-order valence-corrected chi connectivity index (χ0v) is 7.74. The number of nitrogens with zero attached hydrogens (tertiary/aromatic N) is 1. The second kappa shape index (κ2) is 3.14. The predicted molar refractivity (Wildman–Crippen MR) is 52.4 cm³/mol. The number of carboxylic acids is 1. The normalized spacial score (nSPS) is 10.6. The van der Waals surface area contributed by atoms with Crippen molar-refractivity contribution in [2.24, 2.45) is 0 Å². The fraction of sp³-hybridized carbons (Fsp3) is 0.200. The molecular weight excluding hydrogens is 180 g/mol. The first kappa shape index (κ1) is 8.74. The van der Waals surface area contributed by atoms with Gasteiger partial charge >= 0.3 is 5.97 Å². The maximum atomic E-state index is 10.7. The number of hydrogen-bond acceptors (Lipinski definition) is 2. The molecular formula is C10H10N2O2. The quantitative estimate of drug-likeness (QED) is 0.759. The van der Waals surface area contributed by atoms with E-state index in [1.807, 2.05) is 13.0 Å². The van der Waals surface area contributed by atoms with E-state index < -0.39 is 5.97 Å². The Morgan fingerprint density at radius 2 is 2.36 bits per heavy atom. The Bertz CT molecular complexity index is 488. The number of carbonyl (C=O) groups is 1. The van der Waals surface area contributed by atoms with Crippen molar-refractivity contribution in [3.63, 3.8) is 0 Å². The van der Waals surface area contributed by atoms with Crippen molar-refractivity contribution in [2.45, 2.75) is 13.3 Å². The monoisotopic (exact) mass is 190 g/mol. The van der Waals surface area contributed by atoms with Gasteiger partial charge in [0.15, 0.2) is 0 Å². The van der Waals surface area contributed by atoms with Crippen LogP contribution in [0.2, 0.25) is 0 Å². The summed E-state index contributed by atoms with van der Waals surface area (Å²) in [7, 11) is 0. The summed E-state index contributed by atoms with van der Waals surface area (Å²) in [5, 5.41) is 8.75. The fourth-order valence-corrected chi connectivity index (χ4v) is 1.36. The minimum absolute atomic E-state index is 0.181. The summed E-state index contributed by atoms with van der Waals surface area (Å²) in [6.45, 7) is 2.03. The summed E-state index contributed by atoms with van der Waals surface area (Å²) in [6, 6.07) is 3.46. The summed E-state index contributed by atoms with van der Waals surface area (Å²) in [5.74, 6) is -0.957. The molecule has 2 aromatic rings. The second-order valence-corrected chi connectivity index (χ2v) is 3.12. The number of aryl methyl sites for hydroxylation is 1. The lowest BCUT2D eigenvalue weighted by molar-refractivity contribution is 0.0691. The van der Waals surface area contributed by atoms with Gasteiger partial charge in [-0.15, -0.1) is 0 Å².